The zero-order chi connectivity index (χ0) is 9.61. The quantitative estimate of drug-likeness (QED) is 0.337. The highest BCUT2D eigenvalue weighted by Crippen LogP contribution is 1.95. The Kier molecular flexibility index (Phi) is 4.20. The highest BCUT2D eigenvalue weighted by molar-refractivity contribution is 7.87. The lowest BCUT2D eigenvalue weighted by atomic mass is 10.6. The molecule has 0 saturated carbocycles. The summed E-state index contributed by atoms with van der Waals surface area (Å²) in [7, 11) is -3.91. The monoisotopic (exact) mass is 192 g/mol. The van der Waals surface area contributed by atoms with Crippen LogP contribution in [0.1, 0.15) is 6.42 Å². The van der Waals surface area contributed by atoms with Gasteiger partial charge >= 0.3 is 16.1 Å². The molecule has 0 rings (SSSR count). The summed E-state index contributed by atoms with van der Waals surface area (Å²) < 4.78 is 25.4. The SMILES string of the molecule is C=CC(=O)OS(=O)(=O)CCC=O. The molecule has 6 heteroatoms. The number of hydrogen-bond donors (Lipinski definition) is 0. The van der Waals surface area contributed by atoms with E-state index in [1.165, 1.54) is 0 Å². The normalized spacial score (nSPS) is 10.3. The van der Waals surface area contributed by atoms with E-state index >= 15 is 0 Å². The first-order valence-electron chi connectivity index (χ1n) is 3.04. The van der Waals surface area contributed by atoms with Crippen molar-refractivity contribution >= 4 is 22.4 Å². The lowest BCUT2D eigenvalue weighted by Crippen LogP contribution is -2.14. The van der Waals surface area contributed by atoms with Gasteiger partial charge in [0, 0.05) is 12.5 Å². The molecule has 5 nitrogen and oxygen atoms in total. The molecule has 0 saturated heterocycles. The van der Waals surface area contributed by atoms with Crippen LogP contribution in [-0.4, -0.2) is 26.4 Å². The Morgan fingerprint density at radius 2 is 2.08 bits per heavy atom. The van der Waals surface area contributed by atoms with E-state index in [-0.39, 0.29) is 6.42 Å². The van der Waals surface area contributed by atoms with Gasteiger partial charge in [0.25, 0.3) is 0 Å². The van der Waals surface area contributed by atoms with Crippen LogP contribution in [0.25, 0.3) is 0 Å². The number of hydrogen-bond acceptors (Lipinski definition) is 5. The van der Waals surface area contributed by atoms with E-state index in [1.54, 1.807) is 0 Å². The van der Waals surface area contributed by atoms with Crippen LogP contribution < -0.4 is 0 Å². The van der Waals surface area contributed by atoms with Crippen LogP contribution in [-0.2, 0) is 23.9 Å². The predicted octanol–water partition coefficient (Wildman–Crippen LogP) is -0.366. The van der Waals surface area contributed by atoms with Gasteiger partial charge in [-0.2, -0.15) is 8.42 Å². The molecule has 0 aromatic rings. The van der Waals surface area contributed by atoms with Gasteiger partial charge in [0.1, 0.15) is 6.29 Å². The second-order valence-electron chi connectivity index (χ2n) is 1.82. The molecule has 0 unspecified atom stereocenters. The Balaban J connectivity index is 4.13. The van der Waals surface area contributed by atoms with Gasteiger partial charge in [0.05, 0.1) is 5.75 Å². The number of rotatable bonds is 5. The Morgan fingerprint density at radius 3 is 2.50 bits per heavy atom. The molecule has 68 valence electrons. The molecular weight excluding hydrogens is 184 g/mol. The fraction of sp³-hybridized carbons (Fsp3) is 0.333. The molecule has 0 fully saturated rings. The van der Waals surface area contributed by atoms with Gasteiger partial charge in [-0.1, -0.05) is 6.58 Å². The summed E-state index contributed by atoms with van der Waals surface area (Å²) in [5, 5.41) is 0. The summed E-state index contributed by atoms with van der Waals surface area (Å²) in [5.74, 6) is -1.53. The van der Waals surface area contributed by atoms with Gasteiger partial charge in [-0.05, 0) is 0 Å². The molecule has 0 radical (unpaired) electrons. The minimum atomic E-state index is -3.91. The van der Waals surface area contributed by atoms with E-state index < -0.39 is 21.8 Å². The van der Waals surface area contributed by atoms with Gasteiger partial charge in [-0.15, -0.1) is 0 Å². The molecule has 0 aliphatic rings. The number of carbonyl (C=O) groups excluding carboxylic acids is 2. The van der Waals surface area contributed by atoms with Gasteiger partial charge in [0.15, 0.2) is 0 Å². The van der Waals surface area contributed by atoms with E-state index in [9.17, 15) is 18.0 Å². The fourth-order valence-corrected chi connectivity index (χ4v) is 1.18. The molecule has 0 bridgehead atoms. The second kappa shape index (κ2) is 4.66. The van der Waals surface area contributed by atoms with Crippen molar-refractivity contribution in [1.29, 1.82) is 0 Å². The molecule has 0 aromatic heterocycles. The van der Waals surface area contributed by atoms with E-state index in [0.29, 0.717) is 6.29 Å². The first-order chi connectivity index (χ1) is 5.52. The predicted molar refractivity (Wildman–Crippen MR) is 40.8 cm³/mol. The molecule has 0 N–H and O–H groups in total. The van der Waals surface area contributed by atoms with Crippen LogP contribution in [0, 0.1) is 0 Å². The Morgan fingerprint density at radius 1 is 1.50 bits per heavy atom. The largest absolute Gasteiger partial charge is 0.345 e. The first kappa shape index (κ1) is 10.8. The van der Waals surface area contributed by atoms with Crippen LogP contribution in [0.4, 0.5) is 0 Å². The summed E-state index contributed by atoms with van der Waals surface area (Å²) in [5.41, 5.74) is 0. The lowest BCUT2D eigenvalue weighted by molar-refractivity contribution is -0.128. The standard InChI is InChI=1S/C6H8O5S/c1-2-6(8)11-12(9,10)5-3-4-7/h2,4H,1,3,5H2. The molecule has 0 aliphatic carbocycles. The van der Waals surface area contributed by atoms with Crippen LogP contribution >= 0.6 is 0 Å². The third kappa shape index (κ3) is 4.62. The average Bonchev–Trinajstić information content (AvgIpc) is 2.00. The van der Waals surface area contributed by atoms with Crippen molar-refractivity contribution in [3.05, 3.63) is 12.7 Å². The minimum Gasteiger partial charge on any atom is -0.342 e. The van der Waals surface area contributed by atoms with Crippen molar-refractivity contribution in [2.75, 3.05) is 5.75 Å². The van der Waals surface area contributed by atoms with Gasteiger partial charge < -0.3 is 8.98 Å². The molecular formula is C6H8O5S. The molecule has 0 amide bonds. The molecule has 0 aromatic carbocycles. The van der Waals surface area contributed by atoms with Gasteiger partial charge in [-0.3, -0.25) is 0 Å². The maximum absolute atomic E-state index is 10.7. The van der Waals surface area contributed by atoms with E-state index in [0.717, 1.165) is 6.08 Å². The van der Waals surface area contributed by atoms with Gasteiger partial charge in [-0.25, -0.2) is 4.79 Å². The van der Waals surface area contributed by atoms with Crippen molar-refractivity contribution in [2.45, 2.75) is 6.42 Å². The average molecular weight is 192 g/mol. The topological polar surface area (TPSA) is 77.5 Å². The van der Waals surface area contributed by atoms with Crippen LogP contribution in [0.3, 0.4) is 0 Å². The molecule has 0 atom stereocenters. The van der Waals surface area contributed by atoms with Crippen molar-refractivity contribution in [3.63, 3.8) is 0 Å². The van der Waals surface area contributed by atoms with Crippen LogP contribution in [0.5, 0.6) is 0 Å². The Hall–Kier alpha value is -1.17. The van der Waals surface area contributed by atoms with E-state index in [1.807, 2.05) is 0 Å². The summed E-state index contributed by atoms with van der Waals surface area (Å²) in [6.45, 7) is 3.02. The highest BCUT2D eigenvalue weighted by atomic mass is 32.2. The molecule has 0 aliphatic heterocycles. The van der Waals surface area contributed by atoms with E-state index in [4.69, 9.17) is 0 Å². The van der Waals surface area contributed by atoms with Crippen molar-refractivity contribution in [3.8, 4) is 0 Å². The molecule has 12 heavy (non-hydrogen) atoms. The zero-order valence-electron chi connectivity index (χ0n) is 6.23. The summed E-state index contributed by atoms with van der Waals surface area (Å²) >= 11 is 0. The number of aldehydes is 1. The summed E-state index contributed by atoms with van der Waals surface area (Å²) in [6.07, 6.45) is 0.977. The first-order valence-corrected chi connectivity index (χ1v) is 4.62. The minimum absolute atomic E-state index is 0.188. The lowest BCUT2D eigenvalue weighted by Gasteiger charge is -1.99. The third-order valence-corrected chi connectivity index (χ3v) is 2.02. The van der Waals surface area contributed by atoms with Crippen molar-refractivity contribution < 1.29 is 22.2 Å². The summed E-state index contributed by atoms with van der Waals surface area (Å²) in [4.78, 5) is 20.2. The zero-order valence-corrected chi connectivity index (χ0v) is 7.04. The maximum atomic E-state index is 10.7. The Bertz CT molecular complexity index is 276. The van der Waals surface area contributed by atoms with E-state index in [2.05, 4.69) is 10.8 Å². The maximum Gasteiger partial charge on any atom is 0.345 e. The molecule has 0 spiro atoms. The van der Waals surface area contributed by atoms with Crippen LogP contribution in [0.2, 0.25) is 0 Å². The Labute approximate surface area is 70.1 Å². The van der Waals surface area contributed by atoms with Crippen molar-refractivity contribution in [2.24, 2.45) is 0 Å². The van der Waals surface area contributed by atoms with Gasteiger partial charge in [0.2, 0.25) is 0 Å². The molecule has 0 heterocycles. The number of carbonyl (C=O) groups is 2. The van der Waals surface area contributed by atoms with Crippen molar-refractivity contribution in [1.82, 2.24) is 0 Å². The fourth-order valence-electron chi connectivity index (χ4n) is 0.393. The van der Waals surface area contributed by atoms with Crippen LogP contribution in [0.15, 0.2) is 12.7 Å². The second-order valence-corrected chi connectivity index (χ2v) is 3.51. The summed E-state index contributed by atoms with van der Waals surface area (Å²) in [6, 6.07) is 0. The highest BCUT2D eigenvalue weighted by Gasteiger charge is 2.13. The third-order valence-electron chi connectivity index (χ3n) is 0.861. The smallest absolute Gasteiger partial charge is 0.342 e.